The molecule has 19 heavy (non-hydrogen) atoms. The Bertz CT molecular complexity index is 464. The van der Waals surface area contributed by atoms with Crippen LogP contribution in [0.15, 0.2) is 24.3 Å². The molecule has 6 heteroatoms. The Morgan fingerprint density at radius 1 is 1.05 bits per heavy atom. The lowest BCUT2D eigenvalue weighted by Crippen LogP contribution is -2.28. The second-order valence-electron chi connectivity index (χ2n) is 3.73. The van der Waals surface area contributed by atoms with Crippen LogP contribution in [0.5, 0.6) is 0 Å². The first-order valence-electron chi connectivity index (χ1n) is 5.44. The first-order valence-corrected chi connectivity index (χ1v) is 5.44. The number of benzene rings is 1. The Morgan fingerprint density at radius 3 is 1.95 bits per heavy atom. The van der Waals surface area contributed by atoms with Crippen LogP contribution in [0, 0.1) is 11.7 Å². The maximum atomic E-state index is 12.7. The molecule has 0 atom stereocenters. The molecule has 0 spiro atoms. The van der Waals surface area contributed by atoms with Crippen LogP contribution in [-0.4, -0.2) is 31.9 Å². The summed E-state index contributed by atoms with van der Waals surface area (Å²) in [6, 6.07) is 4.81. The Hall–Kier alpha value is -2.24. The summed E-state index contributed by atoms with van der Waals surface area (Å²) in [6.45, 7) is 0. The minimum atomic E-state index is -1.31. The minimum Gasteiger partial charge on any atom is -0.468 e. The molecule has 1 aromatic rings. The van der Waals surface area contributed by atoms with E-state index < -0.39 is 29.5 Å². The van der Waals surface area contributed by atoms with Gasteiger partial charge in [-0.1, -0.05) is 0 Å². The SMILES string of the molecule is COC(=O)C(CC(=O)c1ccc(F)cc1)C(=O)OC. The predicted octanol–water partition coefficient (Wildman–Crippen LogP) is 1.36. The van der Waals surface area contributed by atoms with Crippen molar-refractivity contribution in [3.8, 4) is 0 Å². The molecule has 5 nitrogen and oxygen atoms in total. The van der Waals surface area contributed by atoms with Gasteiger partial charge in [-0.15, -0.1) is 0 Å². The molecule has 0 aliphatic carbocycles. The van der Waals surface area contributed by atoms with Crippen molar-refractivity contribution in [3.63, 3.8) is 0 Å². The van der Waals surface area contributed by atoms with E-state index in [0.717, 1.165) is 26.4 Å². The lowest BCUT2D eigenvalue weighted by atomic mass is 9.98. The topological polar surface area (TPSA) is 69.7 Å². The number of carbonyl (C=O) groups excluding carboxylic acids is 3. The van der Waals surface area contributed by atoms with E-state index in [9.17, 15) is 18.8 Å². The Morgan fingerprint density at radius 2 is 1.53 bits per heavy atom. The van der Waals surface area contributed by atoms with Gasteiger partial charge in [0.05, 0.1) is 14.2 Å². The molecular formula is C13H13FO5. The third kappa shape index (κ3) is 3.87. The van der Waals surface area contributed by atoms with Crippen molar-refractivity contribution in [2.24, 2.45) is 5.92 Å². The summed E-state index contributed by atoms with van der Waals surface area (Å²) in [5.74, 6) is -3.95. The molecular weight excluding hydrogens is 255 g/mol. The average Bonchev–Trinajstić information content (AvgIpc) is 2.43. The number of hydrogen-bond acceptors (Lipinski definition) is 5. The molecule has 0 bridgehead atoms. The molecule has 0 aromatic heterocycles. The molecule has 0 amide bonds. The van der Waals surface area contributed by atoms with Gasteiger partial charge in [-0.25, -0.2) is 4.39 Å². The first kappa shape index (κ1) is 14.8. The lowest BCUT2D eigenvalue weighted by molar-refractivity contribution is -0.158. The Labute approximate surface area is 109 Å². The fraction of sp³-hybridized carbons (Fsp3) is 0.308. The van der Waals surface area contributed by atoms with E-state index in [1.165, 1.54) is 12.1 Å². The van der Waals surface area contributed by atoms with Crippen LogP contribution >= 0.6 is 0 Å². The Balaban J connectivity index is 2.84. The standard InChI is InChI=1S/C13H13FO5/c1-18-12(16)10(13(17)19-2)7-11(15)8-3-5-9(14)6-4-8/h3-6,10H,7H2,1-2H3. The fourth-order valence-corrected chi connectivity index (χ4v) is 1.49. The first-order chi connectivity index (χ1) is 8.99. The summed E-state index contributed by atoms with van der Waals surface area (Å²) in [7, 11) is 2.22. The van der Waals surface area contributed by atoms with E-state index in [0.29, 0.717) is 0 Å². The van der Waals surface area contributed by atoms with Gasteiger partial charge in [0.15, 0.2) is 11.7 Å². The zero-order valence-electron chi connectivity index (χ0n) is 10.5. The highest BCUT2D eigenvalue weighted by atomic mass is 19.1. The van der Waals surface area contributed by atoms with Gasteiger partial charge in [0, 0.05) is 12.0 Å². The van der Waals surface area contributed by atoms with Crippen LogP contribution in [0.1, 0.15) is 16.8 Å². The smallest absolute Gasteiger partial charge is 0.320 e. The zero-order chi connectivity index (χ0) is 14.4. The molecule has 0 N–H and O–H groups in total. The number of esters is 2. The zero-order valence-corrected chi connectivity index (χ0v) is 10.5. The van der Waals surface area contributed by atoms with Crippen LogP contribution in [0.3, 0.4) is 0 Å². The monoisotopic (exact) mass is 268 g/mol. The van der Waals surface area contributed by atoms with Gasteiger partial charge in [0.1, 0.15) is 5.82 Å². The van der Waals surface area contributed by atoms with E-state index in [1.807, 2.05) is 0 Å². The maximum absolute atomic E-state index is 12.7. The molecule has 0 saturated heterocycles. The number of ketones is 1. The van der Waals surface area contributed by atoms with Crippen molar-refractivity contribution in [2.45, 2.75) is 6.42 Å². The van der Waals surface area contributed by atoms with Gasteiger partial charge in [-0.3, -0.25) is 14.4 Å². The fourth-order valence-electron chi connectivity index (χ4n) is 1.49. The van der Waals surface area contributed by atoms with Crippen LogP contribution in [0.4, 0.5) is 4.39 Å². The molecule has 0 fully saturated rings. The van der Waals surface area contributed by atoms with Crippen LogP contribution in [0.2, 0.25) is 0 Å². The molecule has 102 valence electrons. The highest BCUT2D eigenvalue weighted by molar-refractivity contribution is 6.04. The summed E-state index contributed by atoms with van der Waals surface area (Å²) in [4.78, 5) is 34.7. The summed E-state index contributed by atoms with van der Waals surface area (Å²) in [5, 5.41) is 0. The lowest BCUT2D eigenvalue weighted by Gasteiger charge is -2.11. The van der Waals surface area contributed by atoms with Crippen molar-refractivity contribution >= 4 is 17.7 Å². The highest BCUT2D eigenvalue weighted by Gasteiger charge is 2.31. The van der Waals surface area contributed by atoms with Crippen molar-refractivity contribution in [3.05, 3.63) is 35.6 Å². The molecule has 0 saturated carbocycles. The summed E-state index contributed by atoms with van der Waals surface area (Å²) in [5.41, 5.74) is 0.208. The number of halogens is 1. The van der Waals surface area contributed by atoms with Gasteiger partial charge in [0.25, 0.3) is 0 Å². The average molecular weight is 268 g/mol. The molecule has 0 radical (unpaired) electrons. The normalized spacial score (nSPS) is 10.1. The molecule has 1 aromatic carbocycles. The number of methoxy groups -OCH3 is 2. The van der Waals surface area contributed by atoms with Gasteiger partial charge >= 0.3 is 11.9 Å². The number of ether oxygens (including phenoxy) is 2. The molecule has 0 aliphatic heterocycles. The van der Waals surface area contributed by atoms with Crippen LogP contribution in [-0.2, 0) is 19.1 Å². The Kier molecular flexibility index (Phi) is 5.17. The van der Waals surface area contributed by atoms with Gasteiger partial charge < -0.3 is 9.47 Å². The molecule has 0 heterocycles. The quantitative estimate of drug-likeness (QED) is 0.458. The van der Waals surface area contributed by atoms with Crippen molar-refractivity contribution < 1.29 is 28.2 Å². The molecule has 1 rings (SSSR count). The largest absolute Gasteiger partial charge is 0.468 e. The van der Waals surface area contributed by atoms with Crippen molar-refractivity contribution in [1.29, 1.82) is 0 Å². The highest BCUT2D eigenvalue weighted by Crippen LogP contribution is 2.14. The summed E-state index contributed by atoms with van der Waals surface area (Å²) in [6.07, 6.45) is -0.384. The van der Waals surface area contributed by atoms with E-state index >= 15 is 0 Å². The number of rotatable bonds is 5. The maximum Gasteiger partial charge on any atom is 0.320 e. The van der Waals surface area contributed by atoms with E-state index in [-0.39, 0.29) is 12.0 Å². The van der Waals surface area contributed by atoms with Gasteiger partial charge in [-0.05, 0) is 24.3 Å². The van der Waals surface area contributed by atoms with E-state index in [4.69, 9.17) is 0 Å². The second-order valence-corrected chi connectivity index (χ2v) is 3.73. The van der Waals surface area contributed by atoms with Crippen molar-refractivity contribution in [1.82, 2.24) is 0 Å². The van der Waals surface area contributed by atoms with Gasteiger partial charge in [-0.2, -0.15) is 0 Å². The predicted molar refractivity (Wildman–Crippen MR) is 62.9 cm³/mol. The van der Waals surface area contributed by atoms with Crippen molar-refractivity contribution in [2.75, 3.05) is 14.2 Å². The number of carbonyl (C=O) groups is 3. The summed E-state index contributed by atoms with van der Waals surface area (Å²) < 4.78 is 21.6. The third-order valence-corrected chi connectivity index (χ3v) is 2.53. The minimum absolute atomic E-state index is 0.208. The third-order valence-electron chi connectivity index (χ3n) is 2.53. The summed E-state index contributed by atoms with van der Waals surface area (Å²) >= 11 is 0. The molecule has 0 aliphatic rings. The molecule has 0 unspecified atom stereocenters. The number of Topliss-reactive ketones (excluding diaryl/α,β-unsaturated/α-hetero) is 1. The van der Waals surface area contributed by atoms with E-state index in [2.05, 4.69) is 9.47 Å². The van der Waals surface area contributed by atoms with Gasteiger partial charge in [0.2, 0.25) is 0 Å². The number of hydrogen-bond donors (Lipinski definition) is 0. The van der Waals surface area contributed by atoms with Crippen LogP contribution in [0.25, 0.3) is 0 Å². The second kappa shape index (κ2) is 6.63. The van der Waals surface area contributed by atoms with Crippen LogP contribution < -0.4 is 0 Å². The van der Waals surface area contributed by atoms with E-state index in [1.54, 1.807) is 0 Å².